The highest BCUT2D eigenvalue weighted by molar-refractivity contribution is 7.98. The maximum atomic E-state index is 5.51. The van der Waals surface area contributed by atoms with Crippen molar-refractivity contribution in [1.82, 2.24) is 4.98 Å². The highest BCUT2D eigenvalue weighted by atomic mass is 32.2. The lowest BCUT2D eigenvalue weighted by Gasteiger charge is -2.05. The minimum Gasteiger partial charge on any atom is -0.444 e. The fourth-order valence-corrected chi connectivity index (χ4v) is 1.98. The molecule has 0 radical (unpaired) electrons. The monoisotopic (exact) mass is 248 g/mol. The van der Waals surface area contributed by atoms with Crippen molar-refractivity contribution in [1.29, 1.82) is 0 Å². The standard InChI is InChI=1S/C13H16N2OS/c1-9-10(2)16-13(15-9)8-14-11-5-4-6-12(7-11)17-3/h4-7,14H,8H2,1-3H3. The molecule has 0 saturated carbocycles. The van der Waals surface area contributed by atoms with E-state index in [9.17, 15) is 0 Å². The molecule has 0 fully saturated rings. The third-order valence-electron chi connectivity index (χ3n) is 2.59. The number of thioether (sulfide) groups is 1. The Morgan fingerprint density at radius 3 is 2.82 bits per heavy atom. The fourth-order valence-electron chi connectivity index (χ4n) is 1.53. The van der Waals surface area contributed by atoms with Crippen molar-refractivity contribution >= 4 is 17.4 Å². The number of rotatable bonds is 4. The Balaban J connectivity index is 2.01. The van der Waals surface area contributed by atoms with Gasteiger partial charge in [-0.25, -0.2) is 4.98 Å². The van der Waals surface area contributed by atoms with Gasteiger partial charge in [-0.1, -0.05) is 6.07 Å². The second-order valence-corrected chi connectivity index (χ2v) is 4.71. The van der Waals surface area contributed by atoms with Crippen molar-refractivity contribution in [2.75, 3.05) is 11.6 Å². The van der Waals surface area contributed by atoms with Gasteiger partial charge in [-0.15, -0.1) is 11.8 Å². The minimum absolute atomic E-state index is 0.618. The first-order valence-electron chi connectivity index (χ1n) is 5.50. The van der Waals surface area contributed by atoms with Crippen LogP contribution in [0.15, 0.2) is 33.6 Å². The van der Waals surface area contributed by atoms with Gasteiger partial charge in [0.2, 0.25) is 5.89 Å². The van der Waals surface area contributed by atoms with Gasteiger partial charge in [0.15, 0.2) is 0 Å². The molecule has 90 valence electrons. The lowest BCUT2D eigenvalue weighted by atomic mass is 10.3. The lowest BCUT2D eigenvalue weighted by Crippen LogP contribution is -1.99. The number of benzene rings is 1. The topological polar surface area (TPSA) is 38.1 Å². The van der Waals surface area contributed by atoms with E-state index in [-0.39, 0.29) is 0 Å². The SMILES string of the molecule is CSc1cccc(NCc2nc(C)c(C)o2)c1. The number of nitrogens with zero attached hydrogens (tertiary/aromatic N) is 1. The van der Waals surface area contributed by atoms with E-state index in [0.29, 0.717) is 6.54 Å². The summed E-state index contributed by atoms with van der Waals surface area (Å²) in [5.74, 6) is 1.62. The Morgan fingerprint density at radius 1 is 1.35 bits per heavy atom. The predicted molar refractivity (Wildman–Crippen MR) is 71.5 cm³/mol. The maximum Gasteiger partial charge on any atom is 0.213 e. The highest BCUT2D eigenvalue weighted by Crippen LogP contribution is 2.19. The molecule has 1 heterocycles. The first-order valence-corrected chi connectivity index (χ1v) is 6.72. The van der Waals surface area contributed by atoms with Crippen LogP contribution in [0.4, 0.5) is 5.69 Å². The molecule has 2 aromatic rings. The van der Waals surface area contributed by atoms with E-state index in [1.54, 1.807) is 11.8 Å². The summed E-state index contributed by atoms with van der Waals surface area (Å²) < 4.78 is 5.51. The normalized spacial score (nSPS) is 10.5. The van der Waals surface area contributed by atoms with Gasteiger partial charge in [-0.05, 0) is 38.3 Å². The molecule has 1 aromatic heterocycles. The molecule has 0 atom stereocenters. The van der Waals surface area contributed by atoms with Crippen LogP contribution in [0.2, 0.25) is 0 Å². The van der Waals surface area contributed by atoms with Gasteiger partial charge in [0.25, 0.3) is 0 Å². The van der Waals surface area contributed by atoms with E-state index >= 15 is 0 Å². The summed E-state index contributed by atoms with van der Waals surface area (Å²) in [6.45, 7) is 4.50. The first kappa shape index (κ1) is 12.0. The number of hydrogen-bond donors (Lipinski definition) is 1. The van der Waals surface area contributed by atoms with E-state index < -0.39 is 0 Å². The third kappa shape index (κ3) is 3.03. The summed E-state index contributed by atoms with van der Waals surface area (Å²) in [6, 6.07) is 8.30. The van der Waals surface area contributed by atoms with Crippen molar-refractivity contribution < 1.29 is 4.42 Å². The molecule has 17 heavy (non-hydrogen) atoms. The molecular formula is C13H16N2OS. The van der Waals surface area contributed by atoms with Crippen molar-refractivity contribution in [2.45, 2.75) is 25.3 Å². The Kier molecular flexibility index (Phi) is 3.74. The number of nitrogens with one attached hydrogen (secondary N) is 1. The van der Waals surface area contributed by atoms with Crippen molar-refractivity contribution in [3.05, 3.63) is 41.6 Å². The summed E-state index contributed by atoms with van der Waals surface area (Å²) in [5.41, 5.74) is 2.05. The van der Waals surface area contributed by atoms with Crippen LogP contribution in [0, 0.1) is 13.8 Å². The average molecular weight is 248 g/mol. The molecule has 1 N–H and O–H groups in total. The molecule has 0 unspecified atom stereocenters. The van der Waals surface area contributed by atoms with Gasteiger partial charge < -0.3 is 9.73 Å². The second kappa shape index (κ2) is 5.27. The Hall–Kier alpha value is -1.42. The quantitative estimate of drug-likeness (QED) is 0.839. The van der Waals surface area contributed by atoms with Crippen LogP contribution in [0.25, 0.3) is 0 Å². The summed E-state index contributed by atoms with van der Waals surface area (Å²) >= 11 is 1.73. The Labute approximate surface area is 106 Å². The van der Waals surface area contributed by atoms with E-state index in [1.807, 2.05) is 26.0 Å². The molecule has 0 saturated heterocycles. The molecule has 0 aliphatic rings. The van der Waals surface area contributed by atoms with Crippen LogP contribution in [-0.2, 0) is 6.54 Å². The average Bonchev–Trinajstić information content (AvgIpc) is 2.67. The van der Waals surface area contributed by atoms with Crippen LogP contribution in [0.1, 0.15) is 17.3 Å². The minimum atomic E-state index is 0.618. The van der Waals surface area contributed by atoms with Crippen LogP contribution in [0.3, 0.4) is 0 Å². The zero-order valence-corrected chi connectivity index (χ0v) is 11.1. The van der Waals surface area contributed by atoms with Crippen molar-refractivity contribution in [3.8, 4) is 0 Å². The first-order chi connectivity index (χ1) is 8.19. The molecule has 2 rings (SSSR count). The molecule has 4 heteroatoms. The number of aromatic nitrogens is 1. The Morgan fingerprint density at radius 2 is 2.18 bits per heavy atom. The van der Waals surface area contributed by atoms with E-state index in [2.05, 4.69) is 28.7 Å². The predicted octanol–water partition coefficient (Wildman–Crippen LogP) is 3.63. The van der Waals surface area contributed by atoms with Gasteiger partial charge in [0.05, 0.1) is 12.2 Å². The zero-order valence-electron chi connectivity index (χ0n) is 10.3. The summed E-state index contributed by atoms with van der Waals surface area (Å²) in [4.78, 5) is 5.58. The van der Waals surface area contributed by atoms with Crippen molar-refractivity contribution in [3.63, 3.8) is 0 Å². The number of hydrogen-bond acceptors (Lipinski definition) is 4. The van der Waals surface area contributed by atoms with E-state index in [4.69, 9.17) is 4.42 Å². The summed E-state index contributed by atoms with van der Waals surface area (Å²) in [7, 11) is 0. The van der Waals surface area contributed by atoms with Crippen LogP contribution < -0.4 is 5.32 Å². The van der Waals surface area contributed by atoms with Crippen molar-refractivity contribution in [2.24, 2.45) is 0 Å². The smallest absolute Gasteiger partial charge is 0.213 e. The van der Waals surface area contributed by atoms with Gasteiger partial charge in [0, 0.05) is 10.6 Å². The van der Waals surface area contributed by atoms with Gasteiger partial charge in [-0.2, -0.15) is 0 Å². The molecule has 0 spiro atoms. The number of oxazole rings is 1. The van der Waals surface area contributed by atoms with Gasteiger partial charge in [0.1, 0.15) is 5.76 Å². The van der Waals surface area contributed by atoms with Crippen LogP contribution in [0.5, 0.6) is 0 Å². The van der Waals surface area contributed by atoms with Crippen LogP contribution >= 0.6 is 11.8 Å². The molecular weight excluding hydrogens is 232 g/mol. The number of aryl methyl sites for hydroxylation is 2. The second-order valence-electron chi connectivity index (χ2n) is 3.83. The van der Waals surface area contributed by atoms with E-state index in [1.165, 1.54) is 4.90 Å². The van der Waals surface area contributed by atoms with Gasteiger partial charge in [-0.3, -0.25) is 0 Å². The zero-order chi connectivity index (χ0) is 12.3. The van der Waals surface area contributed by atoms with E-state index in [0.717, 1.165) is 23.0 Å². The molecule has 0 amide bonds. The van der Waals surface area contributed by atoms with Gasteiger partial charge >= 0.3 is 0 Å². The summed E-state index contributed by atoms with van der Waals surface area (Å²) in [6.07, 6.45) is 2.07. The largest absolute Gasteiger partial charge is 0.444 e. The molecule has 3 nitrogen and oxygen atoms in total. The molecule has 0 aliphatic heterocycles. The third-order valence-corrected chi connectivity index (χ3v) is 3.31. The lowest BCUT2D eigenvalue weighted by molar-refractivity contribution is 0.478. The molecule has 0 bridgehead atoms. The molecule has 1 aromatic carbocycles. The Bertz CT molecular complexity index is 488. The fraction of sp³-hybridized carbons (Fsp3) is 0.308. The number of anilines is 1. The summed E-state index contributed by atoms with van der Waals surface area (Å²) in [5, 5.41) is 3.31. The highest BCUT2D eigenvalue weighted by Gasteiger charge is 2.04. The van der Waals surface area contributed by atoms with Crippen LogP contribution in [-0.4, -0.2) is 11.2 Å². The maximum absolute atomic E-state index is 5.51. The molecule has 0 aliphatic carbocycles.